The molecule has 0 fully saturated rings. The zero-order valence-corrected chi connectivity index (χ0v) is 8.48. The van der Waals surface area contributed by atoms with Crippen LogP contribution in [0.15, 0.2) is 29.3 Å². The van der Waals surface area contributed by atoms with Gasteiger partial charge in [0.25, 0.3) is 5.91 Å². The van der Waals surface area contributed by atoms with Gasteiger partial charge >= 0.3 is 0 Å². The molecule has 0 saturated carbocycles. The second kappa shape index (κ2) is 4.69. The topological polar surface area (TPSA) is 68.0 Å². The van der Waals surface area contributed by atoms with Crippen LogP contribution in [0, 0.1) is 11.6 Å². The van der Waals surface area contributed by atoms with E-state index in [4.69, 9.17) is 0 Å². The molecule has 2 rings (SSSR count). The Morgan fingerprint density at radius 1 is 1.41 bits per heavy atom. The molecule has 1 amide bonds. The van der Waals surface area contributed by atoms with Gasteiger partial charge in [-0.3, -0.25) is 9.78 Å². The highest BCUT2D eigenvalue weighted by atomic mass is 19.1. The fraction of sp³-hybridized carbons (Fsp3) is 0.100. The molecule has 0 aliphatic rings. The molecule has 2 aromatic rings. The molecule has 0 aromatic carbocycles. The summed E-state index contributed by atoms with van der Waals surface area (Å²) in [6.45, 7) is -0.155. The number of hydrogen-bond donors (Lipinski definition) is 1. The molecule has 1 N–H and O–H groups in total. The quantitative estimate of drug-likeness (QED) is 0.875. The standard InChI is InChI=1S/C10H7F2N3O2/c11-6-1-7(12)8(13-2-6)3-14-10(16)9-4-17-5-15-9/h1-2,4-5H,3H2,(H,14,16). The molecule has 0 aliphatic carbocycles. The van der Waals surface area contributed by atoms with Crippen LogP contribution in [-0.2, 0) is 6.54 Å². The number of halogens is 2. The summed E-state index contributed by atoms with van der Waals surface area (Å²) in [7, 11) is 0. The van der Waals surface area contributed by atoms with E-state index < -0.39 is 17.5 Å². The lowest BCUT2D eigenvalue weighted by atomic mass is 10.3. The highest BCUT2D eigenvalue weighted by Gasteiger charge is 2.10. The van der Waals surface area contributed by atoms with E-state index in [-0.39, 0.29) is 17.9 Å². The van der Waals surface area contributed by atoms with Crippen molar-refractivity contribution in [3.05, 3.63) is 47.9 Å². The van der Waals surface area contributed by atoms with Gasteiger partial charge in [-0.15, -0.1) is 0 Å². The summed E-state index contributed by atoms with van der Waals surface area (Å²) in [5.74, 6) is -2.11. The van der Waals surface area contributed by atoms with E-state index in [9.17, 15) is 13.6 Å². The summed E-state index contributed by atoms with van der Waals surface area (Å²) in [4.78, 5) is 18.5. The van der Waals surface area contributed by atoms with Crippen molar-refractivity contribution < 1.29 is 18.0 Å². The Labute approximate surface area is 94.5 Å². The number of carbonyl (C=O) groups excluding carboxylic acids is 1. The Morgan fingerprint density at radius 3 is 2.88 bits per heavy atom. The number of pyridine rings is 1. The minimum atomic E-state index is -0.814. The van der Waals surface area contributed by atoms with Crippen molar-refractivity contribution in [1.29, 1.82) is 0 Å². The Hall–Kier alpha value is -2.31. The van der Waals surface area contributed by atoms with Gasteiger partial charge in [0.15, 0.2) is 12.1 Å². The predicted octanol–water partition coefficient (Wildman–Crippen LogP) is 1.28. The first-order chi connectivity index (χ1) is 8.16. The van der Waals surface area contributed by atoms with Gasteiger partial charge in [0, 0.05) is 6.07 Å². The van der Waals surface area contributed by atoms with E-state index in [1.807, 2.05) is 0 Å². The molecule has 0 atom stereocenters. The molecule has 0 spiro atoms. The van der Waals surface area contributed by atoms with Crippen molar-refractivity contribution in [1.82, 2.24) is 15.3 Å². The predicted molar refractivity (Wildman–Crippen MR) is 51.8 cm³/mol. The minimum Gasteiger partial charge on any atom is -0.451 e. The van der Waals surface area contributed by atoms with Crippen molar-refractivity contribution >= 4 is 5.91 Å². The maximum absolute atomic E-state index is 13.2. The average Bonchev–Trinajstić information content (AvgIpc) is 2.81. The third kappa shape index (κ3) is 2.63. The van der Waals surface area contributed by atoms with Crippen LogP contribution < -0.4 is 5.32 Å². The van der Waals surface area contributed by atoms with Gasteiger partial charge in [0.05, 0.1) is 18.4 Å². The van der Waals surface area contributed by atoms with Crippen LogP contribution in [0.2, 0.25) is 0 Å². The maximum Gasteiger partial charge on any atom is 0.273 e. The van der Waals surface area contributed by atoms with E-state index in [2.05, 4.69) is 19.7 Å². The lowest BCUT2D eigenvalue weighted by molar-refractivity contribution is 0.0945. The molecular formula is C10H7F2N3O2. The largest absolute Gasteiger partial charge is 0.451 e. The maximum atomic E-state index is 13.2. The number of nitrogens with one attached hydrogen (secondary N) is 1. The minimum absolute atomic E-state index is 0.0526. The van der Waals surface area contributed by atoms with Crippen LogP contribution in [-0.4, -0.2) is 15.9 Å². The number of carbonyl (C=O) groups is 1. The molecule has 2 heterocycles. The van der Waals surface area contributed by atoms with Gasteiger partial charge in [-0.05, 0) is 0 Å². The Kier molecular flexibility index (Phi) is 3.08. The van der Waals surface area contributed by atoms with Crippen molar-refractivity contribution in [3.63, 3.8) is 0 Å². The van der Waals surface area contributed by atoms with Crippen molar-refractivity contribution in [2.75, 3.05) is 0 Å². The first-order valence-electron chi connectivity index (χ1n) is 4.63. The molecule has 0 aliphatic heterocycles. The summed E-state index contributed by atoms with van der Waals surface area (Å²) < 4.78 is 30.3. The molecule has 17 heavy (non-hydrogen) atoms. The van der Waals surface area contributed by atoms with Crippen molar-refractivity contribution in [3.8, 4) is 0 Å². The smallest absolute Gasteiger partial charge is 0.273 e. The monoisotopic (exact) mass is 239 g/mol. The molecule has 0 saturated heterocycles. The Balaban J connectivity index is 2.01. The van der Waals surface area contributed by atoms with Gasteiger partial charge in [0.2, 0.25) is 0 Å². The van der Waals surface area contributed by atoms with Crippen LogP contribution in [0.4, 0.5) is 8.78 Å². The second-order valence-corrected chi connectivity index (χ2v) is 3.14. The SMILES string of the molecule is O=C(NCc1ncc(F)cc1F)c1cocn1. The number of oxazole rings is 1. The second-order valence-electron chi connectivity index (χ2n) is 3.14. The van der Waals surface area contributed by atoms with Crippen LogP contribution in [0.5, 0.6) is 0 Å². The van der Waals surface area contributed by atoms with Crippen LogP contribution in [0.1, 0.15) is 16.2 Å². The Morgan fingerprint density at radius 2 is 2.24 bits per heavy atom. The van der Waals surface area contributed by atoms with Crippen molar-refractivity contribution in [2.45, 2.75) is 6.54 Å². The highest BCUT2D eigenvalue weighted by molar-refractivity contribution is 5.91. The molecule has 5 nitrogen and oxygen atoms in total. The number of rotatable bonds is 3. The molecule has 0 bridgehead atoms. The fourth-order valence-electron chi connectivity index (χ4n) is 1.15. The summed E-state index contributed by atoms with van der Waals surface area (Å²) in [6.07, 6.45) is 3.14. The Bertz CT molecular complexity index is 528. The third-order valence-corrected chi connectivity index (χ3v) is 1.97. The molecule has 0 radical (unpaired) electrons. The van der Waals surface area contributed by atoms with E-state index in [0.29, 0.717) is 6.07 Å². The third-order valence-electron chi connectivity index (χ3n) is 1.97. The van der Waals surface area contributed by atoms with Crippen LogP contribution in [0.25, 0.3) is 0 Å². The first kappa shape index (κ1) is 11.2. The van der Waals surface area contributed by atoms with Crippen LogP contribution in [0.3, 0.4) is 0 Å². The van der Waals surface area contributed by atoms with Crippen molar-refractivity contribution in [2.24, 2.45) is 0 Å². The average molecular weight is 239 g/mol. The zero-order valence-electron chi connectivity index (χ0n) is 8.48. The van der Waals surface area contributed by atoms with Gasteiger partial charge in [-0.1, -0.05) is 0 Å². The molecule has 2 aromatic heterocycles. The van der Waals surface area contributed by atoms with Gasteiger partial charge in [-0.2, -0.15) is 0 Å². The molecule has 7 heteroatoms. The summed E-state index contributed by atoms with van der Waals surface area (Å²) in [5.41, 5.74) is 0.0239. The normalized spacial score (nSPS) is 10.2. The number of amides is 1. The van der Waals surface area contributed by atoms with Gasteiger partial charge in [0.1, 0.15) is 17.9 Å². The molecular weight excluding hydrogens is 232 g/mol. The van der Waals surface area contributed by atoms with E-state index in [1.165, 1.54) is 0 Å². The number of nitrogens with zero attached hydrogens (tertiary/aromatic N) is 2. The summed E-state index contributed by atoms with van der Waals surface area (Å²) in [6, 6.07) is 0.699. The van der Waals surface area contributed by atoms with Gasteiger partial charge < -0.3 is 9.73 Å². The van der Waals surface area contributed by atoms with E-state index >= 15 is 0 Å². The zero-order chi connectivity index (χ0) is 12.3. The van der Waals surface area contributed by atoms with Crippen LogP contribution >= 0.6 is 0 Å². The van der Waals surface area contributed by atoms with E-state index in [1.54, 1.807) is 0 Å². The number of hydrogen-bond acceptors (Lipinski definition) is 4. The van der Waals surface area contributed by atoms with Gasteiger partial charge in [-0.25, -0.2) is 13.8 Å². The number of aromatic nitrogens is 2. The first-order valence-corrected chi connectivity index (χ1v) is 4.63. The lowest BCUT2D eigenvalue weighted by Gasteiger charge is -2.03. The summed E-state index contributed by atoms with van der Waals surface area (Å²) >= 11 is 0. The summed E-state index contributed by atoms with van der Waals surface area (Å²) in [5, 5.41) is 2.38. The highest BCUT2D eigenvalue weighted by Crippen LogP contribution is 2.05. The molecule has 88 valence electrons. The van der Waals surface area contributed by atoms with E-state index in [0.717, 1.165) is 18.9 Å². The fourth-order valence-corrected chi connectivity index (χ4v) is 1.15. The lowest BCUT2D eigenvalue weighted by Crippen LogP contribution is -2.24. The molecule has 0 unspecified atom stereocenters.